The van der Waals surface area contributed by atoms with Gasteiger partial charge in [-0.05, 0) is 44.5 Å². The number of anilines is 2. The normalized spacial score (nSPS) is 10.7. The van der Waals surface area contributed by atoms with Crippen LogP contribution in [0.5, 0.6) is 5.75 Å². The Bertz CT molecular complexity index is 1020. The minimum Gasteiger partial charge on any atom is -0.495 e. The van der Waals surface area contributed by atoms with Crippen molar-refractivity contribution < 1.29 is 9.53 Å². The van der Waals surface area contributed by atoms with Crippen molar-refractivity contribution in [1.29, 1.82) is 0 Å². The Labute approximate surface area is 181 Å². The number of carbonyl (C=O) groups excluding carboxylic acids is 1. The predicted molar refractivity (Wildman–Crippen MR) is 121 cm³/mol. The van der Waals surface area contributed by atoms with Gasteiger partial charge in [0.25, 0.3) is 0 Å². The van der Waals surface area contributed by atoms with E-state index in [0.717, 1.165) is 23.2 Å². The van der Waals surface area contributed by atoms with Crippen LogP contribution in [0.15, 0.2) is 47.6 Å². The van der Waals surface area contributed by atoms with Crippen LogP contribution in [-0.2, 0) is 17.9 Å². The lowest BCUT2D eigenvalue weighted by Crippen LogP contribution is -2.15. The first-order valence-corrected chi connectivity index (χ1v) is 10.8. The Morgan fingerprint density at radius 1 is 1.13 bits per heavy atom. The van der Waals surface area contributed by atoms with Crippen LogP contribution in [0.4, 0.5) is 11.4 Å². The van der Waals surface area contributed by atoms with Crippen LogP contribution in [0, 0.1) is 13.8 Å². The highest BCUT2D eigenvalue weighted by Gasteiger charge is 2.14. The summed E-state index contributed by atoms with van der Waals surface area (Å²) in [6.07, 6.45) is 0. The van der Waals surface area contributed by atoms with Crippen LogP contribution in [-0.4, -0.2) is 33.5 Å². The van der Waals surface area contributed by atoms with Gasteiger partial charge in [-0.25, -0.2) is 0 Å². The predicted octanol–water partition coefficient (Wildman–Crippen LogP) is 4.27. The number of nitrogens with one attached hydrogen (secondary N) is 2. The van der Waals surface area contributed by atoms with Crippen LogP contribution >= 0.6 is 11.8 Å². The van der Waals surface area contributed by atoms with Gasteiger partial charge in [-0.3, -0.25) is 4.79 Å². The molecule has 0 aliphatic heterocycles. The number of hydrogen-bond acceptors (Lipinski definition) is 6. The van der Waals surface area contributed by atoms with Gasteiger partial charge in [-0.15, -0.1) is 10.2 Å². The number of carbonyl (C=O) groups is 1. The van der Waals surface area contributed by atoms with Crippen LogP contribution in [0.1, 0.15) is 23.9 Å². The van der Waals surface area contributed by atoms with Crippen molar-refractivity contribution in [3.8, 4) is 5.75 Å². The molecule has 3 aromatic rings. The summed E-state index contributed by atoms with van der Waals surface area (Å²) in [7, 11) is 1.58. The van der Waals surface area contributed by atoms with Crippen molar-refractivity contribution in [2.75, 3.05) is 23.5 Å². The van der Waals surface area contributed by atoms with Gasteiger partial charge in [0, 0.05) is 12.2 Å². The largest absolute Gasteiger partial charge is 0.495 e. The molecular weight excluding hydrogens is 398 g/mol. The molecule has 0 saturated carbocycles. The zero-order valence-electron chi connectivity index (χ0n) is 17.7. The smallest absolute Gasteiger partial charge is 0.234 e. The van der Waals surface area contributed by atoms with Crippen molar-refractivity contribution in [3.05, 3.63) is 59.4 Å². The van der Waals surface area contributed by atoms with Gasteiger partial charge in [0.2, 0.25) is 5.91 Å². The summed E-state index contributed by atoms with van der Waals surface area (Å²) in [5.41, 5.74) is 4.16. The van der Waals surface area contributed by atoms with Crippen LogP contribution in [0.2, 0.25) is 0 Å². The lowest BCUT2D eigenvalue weighted by molar-refractivity contribution is -0.113. The van der Waals surface area contributed by atoms with Crippen molar-refractivity contribution in [3.63, 3.8) is 0 Å². The summed E-state index contributed by atoms with van der Waals surface area (Å²) < 4.78 is 7.30. The average molecular weight is 426 g/mol. The van der Waals surface area contributed by atoms with E-state index in [9.17, 15) is 4.79 Å². The fourth-order valence-corrected chi connectivity index (χ4v) is 3.95. The molecule has 1 heterocycles. The Balaban J connectivity index is 1.60. The molecule has 0 fully saturated rings. The Kier molecular flexibility index (Phi) is 7.35. The first kappa shape index (κ1) is 21.7. The van der Waals surface area contributed by atoms with Crippen molar-refractivity contribution in [2.45, 2.75) is 39.0 Å². The van der Waals surface area contributed by atoms with Crippen molar-refractivity contribution in [2.24, 2.45) is 0 Å². The highest BCUT2D eigenvalue weighted by Crippen LogP contribution is 2.24. The third-order valence-corrected chi connectivity index (χ3v) is 5.61. The zero-order chi connectivity index (χ0) is 21.5. The van der Waals surface area contributed by atoms with E-state index in [1.54, 1.807) is 7.11 Å². The summed E-state index contributed by atoms with van der Waals surface area (Å²) in [6.45, 7) is 7.51. The molecule has 0 bridgehead atoms. The van der Waals surface area contributed by atoms with Crippen LogP contribution < -0.4 is 15.4 Å². The Morgan fingerprint density at radius 3 is 2.67 bits per heavy atom. The van der Waals surface area contributed by atoms with Gasteiger partial charge in [-0.1, -0.05) is 41.6 Å². The molecule has 0 atom stereocenters. The summed E-state index contributed by atoms with van der Waals surface area (Å²) in [4.78, 5) is 12.4. The summed E-state index contributed by atoms with van der Waals surface area (Å²) in [5, 5.41) is 15.6. The van der Waals surface area contributed by atoms with Gasteiger partial charge in [0.15, 0.2) is 11.0 Å². The summed E-state index contributed by atoms with van der Waals surface area (Å²) in [5.74, 6) is 1.59. The number of methoxy groups -OCH3 is 1. The molecule has 30 heavy (non-hydrogen) atoms. The first-order valence-electron chi connectivity index (χ1n) is 9.80. The molecule has 3 rings (SSSR count). The fourth-order valence-electron chi connectivity index (χ4n) is 3.12. The van der Waals surface area contributed by atoms with E-state index in [-0.39, 0.29) is 11.7 Å². The molecule has 0 spiro atoms. The highest BCUT2D eigenvalue weighted by molar-refractivity contribution is 7.99. The first-order chi connectivity index (χ1) is 14.5. The maximum atomic E-state index is 12.4. The number of aryl methyl sites for hydroxylation is 2. The number of para-hydroxylation sites is 2. The molecule has 2 N–H and O–H groups in total. The number of hydrogen-bond donors (Lipinski definition) is 2. The Morgan fingerprint density at radius 2 is 1.93 bits per heavy atom. The lowest BCUT2D eigenvalue weighted by Gasteiger charge is -2.12. The van der Waals surface area contributed by atoms with Gasteiger partial charge in [-0.2, -0.15) is 0 Å². The van der Waals surface area contributed by atoms with E-state index < -0.39 is 0 Å². The molecule has 0 aliphatic rings. The van der Waals surface area contributed by atoms with E-state index >= 15 is 0 Å². The molecule has 0 saturated heterocycles. The highest BCUT2D eigenvalue weighted by atomic mass is 32.2. The van der Waals surface area contributed by atoms with E-state index in [1.807, 2.05) is 35.8 Å². The molecule has 0 unspecified atom stereocenters. The molecule has 7 nitrogen and oxygen atoms in total. The molecule has 1 amide bonds. The molecule has 2 aromatic carbocycles. The second kappa shape index (κ2) is 10.2. The fraction of sp³-hybridized carbons (Fsp3) is 0.318. The van der Waals surface area contributed by atoms with E-state index in [1.165, 1.54) is 22.9 Å². The summed E-state index contributed by atoms with van der Waals surface area (Å²) >= 11 is 1.37. The zero-order valence-corrected chi connectivity index (χ0v) is 18.5. The maximum Gasteiger partial charge on any atom is 0.234 e. The number of aromatic nitrogens is 3. The quantitative estimate of drug-likeness (QED) is 0.499. The third kappa shape index (κ3) is 5.33. The number of benzene rings is 2. The van der Waals surface area contributed by atoms with Crippen LogP contribution in [0.3, 0.4) is 0 Å². The lowest BCUT2D eigenvalue weighted by atomic mass is 10.1. The van der Waals surface area contributed by atoms with Crippen LogP contribution in [0.25, 0.3) is 0 Å². The minimum absolute atomic E-state index is 0.120. The van der Waals surface area contributed by atoms with E-state index in [2.05, 4.69) is 52.9 Å². The Hall–Kier alpha value is -3.00. The second-order valence-corrected chi connectivity index (χ2v) is 7.79. The molecular formula is C22H27N5O2S. The van der Waals surface area contributed by atoms with Gasteiger partial charge < -0.3 is 19.9 Å². The van der Waals surface area contributed by atoms with Crippen molar-refractivity contribution in [1.82, 2.24) is 14.8 Å². The minimum atomic E-state index is -0.120. The number of ether oxygens (including phenoxy) is 1. The molecule has 0 radical (unpaired) electrons. The van der Waals surface area contributed by atoms with Crippen molar-refractivity contribution >= 4 is 29.0 Å². The van der Waals surface area contributed by atoms with E-state index in [4.69, 9.17) is 4.74 Å². The number of thioether (sulfide) groups is 1. The standard InChI is InChI=1S/C22H27N5O2S/c1-5-27-20(13-23-17-11-10-15(2)12-16(17)3)25-26-22(27)30-14-21(28)24-18-8-6-7-9-19(18)29-4/h6-12,23H,5,13-14H2,1-4H3,(H,24,28). The van der Waals surface area contributed by atoms with Gasteiger partial charge in [0.1, 0.15) is 5.75 Å². The second-order valence-electron chi connectivity index (χ2n) is 6.85. The molecule has 158 valence electrons. The van der Waals surface area contributed by atoms with Gasteiger partial charge >= 0.3 is 0 Å². The van der Waals surface area contributed by atoms with Gasteiger partial charge in [0.05, 0.1) is 25.1 Å². The average Bonchev–Trinajstić information content (AvgIpc) is 3.14. The number of nitrogens with zero attached hydrogens (tertiary/aromatic N) is 3. The SMILES string of the molecule is CCn1c(CNc2ccc(C)cc2C)nnc1SCC(=O)Nc1ccccc1OC. The topological polar surface area (TPSA) is 81.1 Å². The number of amides is 1. The summed E-state index contributed by atoms with van der Waals surface area (Å²) in [6, 6.07) is 13.7. The number of rotatable bonds is 9. The van der Waals surface area contributed by atoms with E-state index in [0.29, 0.717) is 18.0 Å². The molecule has 0 aliphatic carbocycles. The molecule has 8 heteroatoms. The third-order valence-electron chi connectivity index (χ3n) is 4.64. The molecule has 1 aromatic heterocycles. The maximum absolute atomic E-state index is 12.4. The monoisotopic (exact) mass is 425 g/mol.